The number of nitrogens with two attached hydrogens (primary N) is 1. The Balaban J connectivity index is 3.48. The lowest BCUT2D eigenvalue weighted by Crippen LogP contribution is -2.31. The first-order valence-corrected chi connectivity index (χ1v) is 4.40. The molecule has 0 bridgehead atoms. The topological polar surface area (TPSA) is 90.7 Å². The molecule has 1 aromatic carbocycles. The number of benzene rings is 1. The van der Waals surface area contributed by atoms with Crippen LogP contribution in [0.2, 0.25) is 0 Å². The summed E-state index contributed by atoms with van der Waals surface area (Å²) >= 11 is 0. The molecule has 0 aromatic heterocycles. The predicted molar refractivity (Wildman–Crippen MR) is 56.6 cm³/mol. The summed E-state index contributed by atoms with van der Waals surface area (Å²) in [6.07, 6.45) is 0.548. The van der Waals surface area contributed by atoms with Gasteiger partial charge in [-0.2, -0.15) is 0 Å². The van der Waals surface area contributed by atoms with Crippen molar-refractivity contribution in [3.8, 4) is 11.5 Å². The van der Waals surface area contributed by atoms with E-state index in [9.17, 15) is 9.59 Å². The lowest BCUT2D eigenvalue weighted by Gasteiger charge is -2.13. The van der Waals surface area contributed by atoms with Gasteiger partial charge in [0, 0.05) is 5.56 Å². The van der Waals surface area contributed by atoms with Gasteiger partial charge < -0.3 is 9.47 Å². The number of hydrogen-bond donors (Lipinski definition) is 2. The molecule has 0 saturated heterocycles. The largest absolute Gasteiger partial charge is 0.493 e. The maximum absolute atomic E-state index is 11.5. The predicted octanol–water partition coefficient (Wildman–Crippen LogP) is 0.120. The average molecular weight is 224 g/mol. The molecule has 0 spiro atoms. The smallest absolute Gasteiger partial charge is 0.269 e. The third-order valence-corrected chi connectivity index (χ3v) is 2.06. The number of nitrogens with one attached hydrogen (secondary N) is 1. The van der Waals surface area contributed by atoms with Crippen molar-refractivity contribution in [3.63, 3.8) is 0 Å². The van der Waals surface area contributed by atoms with Crippen LogP contribution in [0.1, 0.15) is 20.7 Å². The van der Waals surface area contributed by atoms with Crippen molar-refractivity contribution in [1.29, 1.82) is 0 Å². The molecule has 0 aliphatic rings. The zero-order valence-corrected chi connectivity index (χ0v) is 8.94. The molecular formula is C10H12N2O4. The van der Waals surface area contributed by atoms with Crippen LogP contribution in [0.5, 0.6) is 11.5 Å². The van der Waals surface area contributed by atoms with E-state index in [0.29, 0.717) is 12.0 Å². The van der Waals surface area contributed by atoms with Gasteiger partial charge in [0.2, 0.25) is 0 Å². The molecule has 86 valence electrons. The molecule has 6 heteroatoms. The Hall–Kier alpha value is -2.08. The van der Waals surface area contributed by atoms with Gasteiger partial charge in [-0.25, -0.2) is 5.84 Å². The van der Waals surface area contributed by atoms with Crippen LogP contribution in [0.15, 0.2) is 12.1 Å². The first kappa shape index (κ1) is 12.0. The van der Waals surface area contributed by atoms with E-state index in [1.165, 1.54) is 26.4 Å². The maximum Gasteiger partial charge on any atom is 0.269 e. The van der Waals surface area contributed by atoms with Gasteiger partial charge in [-0.3, -0.25) is 15.0 Å². The minimum Gasteiger partial charge on any atom is -0.493 e. The van der Waals surface area contributed by atoms with Gasteiger partial charge in [-0.15, -0.1) is 0 Å². The first-order valence-electron chi connectivity index (χ1n) is 4.40. The molecule has 0 aliphatic heterocycles. The first-order chi connectivity index (χ1) is 7.69. The second-order valence-electron chi connectivity index (χ2n) is 2.86. The summed E-state index contributed by atoms with van der Waals surface area (Å²) in [5.41, 5.74) is 2.18. The van der Waals surface area contributed by atoms with Crippen LogP contribution in [0.25, 0.3) is 0 Å². The molecule has 1 amide bonds. The van der Waals surface area contributed by atoms with E-state index in [-0.39, 0.29) is 16.9 Å². The second-order valence-corrected chi connectivity index (χ2v) is 2.86. The van der Waals surface area contributed by atoms with Gasteiger partial charge in [-0.1, -0.05) is 0 Å². The van der Waals surface area contributed by atoms with E-state index < -0.39 is 5.91 Å². The Morgan fingerprint density at radius 2 is 2.06 bits per heavy atom. The van der Waals surface area contributed by atoms with Crippen molar-refractivity contribution in [2.75, 3.05) is 14.2 Å². The van der Waals surface area contributed by atoms with Crippen LogP contribution in [0.3, 0.4) is 0 Å². The van der Waals surface area contributed by atoms with Crippen LogP contribution < -0.4 is 20.7 Å². The van der Waals surface area contributed by atoms with Crippen LogP contribution in [-0.2, 0) is 0 Å². The van der Waals surface area contributed by atoms with E-state index in [2.05, 4.69) is 0 Å². The normalized spacial score (nSPS) is 9.44. The number of carbonyl (C=O) groups excluding carboxylic acids is 2. The fourth-order valence-corrected chi connectivity index (χ4v) is 1.35. The van der Waals surface area contributed by atoms with Gasteiger partial charge in [0.1, 0.15) is 0 Å². The Morgan fingerprint density at radius 1 is 1.38 bits per heavy atom. The molecule has 0 unspecified atom stereocenters. The molecule has 1 aromatic rings. The van der Waals surface area contributed by atoms with E-state index >= 15 is 0 Å². The van der Waals surface area contributed by atoms with E-state index in [0.717, 1.165) is 0 Å². The molecule has 0 heterocycles. The van der Waals surface area contributed by atoms with Crippen LogP contribution in [0.4, 0.5) is 0 Å². The zero-order chi connectivity index (χ0) is 12.1. The van der Waals surface area contributed by atoms with E-state index in [1.807, 2.05) is 5.43 Å². The minimum absolute atomic E-state index is 0.0550. The van der Waals surface area contributed by atoms with Gasteiger partial charge in [-0.05, 0) is 12.1 Å². The standard InChI is InChI=1S/C10H12N2O4/c1-15-7-4-3-6(5-13)8(9(7)16-2)10(14)12-11/h3-5H,11H2,1-2H3,(H,12,14). The van der Waals surface area contributed by atoms with E-state index in [4.69, 9.17) is 15.3 Å². The number of carbonyl (C=O) groups is 2. The lowest BCUT2D eigenvalue weighted by molar-refractivity contribution is 0.0944. The molecule has 16 heavy (non-hydrogen) atoms. The number of ether oxygens (including phenoxy) is 2. The number of hydrazine groups is 1. The Morgan fingerprint density at radius 3 is 2.50 bits per heavy atom. The average Bonchev–Trinajstić information content (AvgIpc) is 2.35. The summed E-state index contributed by atoms with van der Waals surface area (Å²) in [6.45, 7) is 0. The van der Waals surface area contributed by atoms with Crippen molar-refractivity contribution in [2.45, 2.75) is 0 Å². The summed E-state index contributed by atoms with van der Waals surface area (Å²) in [5.74, 6) is 4.95. The number of amides is 1. The molecular weight excluding hydrogens is 212 g/mol. The summed E-state index contributed by atoms with van der Waals surface area (Å²) in [6, 6.07) is 2.99. The van der Waals surface area contributed by atoms with Crippen LogP contribution >= 0.6 is 0 Å². The fourth-order valence-electron chi connectivity index (χ4n) is 1.35. The van der Waals surface area contributed by atoms with Crippen molar-refractivity contribution < 1.29 is 19.1 Å². The molecule has 0 fully saturated rings. The highest BCUT2D eigenvalue weighted by Crippen LogP contribution is 2.32. The van der Waals surface area contributed by atoms with E-state index in [1.54, 1.807) is 0 Å². The molecule has 0 radical (unpaired) electrons. The highest BCUT2D eigenvalue weighted by molar-refractivity contribution is 6.04. The van der Waals surface area contributed by atoms with Crippen molar-refractivity contribution in [2.24, 2.45) is 5.84 Å². The summed E-state index contributed by atoms with van der Waals surface area (Å²) in [7, 11) is 2.81. The number of hydrogen-bond acceptors (Lipinski definition) is 5. The van der Waals surface area contributed by atoms with Crippen molar-refractivity contribution >= 4 is 12.2 Å². The molecule has 6 nitrogen and oxygen atoms in total. The monoisotopic (exact) mass is 224 g/mol. The third kappa shape index (κ3) is 1.96. The molecule has 1 rings (SSSR count). The second kappa shape index (κ2) is 5.13. The maximum atomic E-state index is 11.5. The molecule has 0 saturated carbocycles. The van der Waals surface area contributed by atoms with Gasteiger partial charge in [0.25, 0.3) is 5.91 Å². The SMILES string of the molecule is COc1ccc(C=O)c(C(=O)NN)c1OC. The molecule has 3 N–H and O–H groups in total. The van der Waals surface area contributed by atoms with Gasteiger partial charge >= 0.3 is 0 Å². The van der Waals surface area contributed by atoms with Crippen molar-refractivity contribution in [3.05, 3.63) is 23.3 Å². The van der Waals surface area contributed by atoms with Gasteiger partial charge in [0.05, 0.1) is 19.8 Å². The summed E-state index contributed by atoms with van der Waals surface area (Å²) < 4.78 is 10.0. The molecule has 0 aliphatic carbocycles. The highest BCUT2D eigenvalue weighted by Gasteiger charge is 2.20. The number of rotatable bonds is 4. The van der Waals surface area contributed by atoms with Crippen LogP contribution in [-0.4, -0.2) is 26.4 Å². The number of methoxy groups -OCH3 is 2. The number of aldehydes is 1. The Bertz CT molecular complexity index is 418. The van der Waals surface area contributed by atoms with Crippen LogP contribution in [0, 0.1) is 0 Å². The summed E-state index contributed by atoms with van der Waals surface area (Å²) in [5, 5.41) is 0. The number of nitrogen functional groups attached to an aromatic ring is 1. The third-order valence-electron chi connectivity index (χ3n) is 2.06. The molecule has 0 atom stereocenters. The highest BCUT2D eigenvalue weighted by atomic mass is 16.5. The zero-order valence-electron chi connectivity index (χ0n) is 8.94. The quantitative estimate of drug-likeness (QED) is 0.328. The Labute approximate surface area is 92.3 Å². The fraction of sp³-hybridized carbons (Fsp3) is 0.200. The Kier molecular flexibility index (Phi) is 3.84. The summed E-state index contributed by atoms with van der Waals surface area (Å²) in [4.78, 5) is 22.3. The minimum atomic E-state index is -0.613. The lowest BCUT2D eigenvalue weighted by atomic mass is 10.1. The van der Waals surface area contributed by atoms with Crippen molar-refractivity contribution in [1.82, 2.24) is 5.43 Å². The van der Waals surface area contributed by atoms with Gasteiger partial charge in [0.15, 0.2) is 17.8 Å².